The monoisotopic (exact) mass is 341 g/mol. The molecule has 1 aliphatic heterocycles. The van der Waals surface area contributed by atoms with Gasteiger partial charge in [-0.05, 0) is 33.1 Å². The first kappa shape index (κ1) is 17.1. The minimum Gasteiger partial charge on any atom is -0.324 e. The molecule has 0 aliphatic carbocycles. The molecule has 3 rings (SSSR count). The number of aryl methyl sites for hydroxylation is 1. The maximum absolute atomic E-state index is 12.5. The third-order valence-corrected chi connectivity index (χ3v) is 4.37. The number of hydrogen-bond donors (Lipinski definition) is 1. The van der Waals surface area contributed by atoms with Gasteiger partial charge in [0, 0.05) is 19.5 Å². The summed E-state index contributed by atoms with van der Waals surface area (Å²) in [7, 11) is 0. The zero-order chi connectivity index (χ0) is 17.8. The van der Waals surface area contributed by atoms with Crippen LogP contribution in [0, 0.1) is 0 Å². The standard InChI is InChI=1S/C18H23N5O2/c1-3-4-7-13(2)8-9-15-19-12-14-16(20-15)21-17(24)23(14)18(25)22-10-5-6-11-22/h3-4,7,12H,5-6,8-11H2,1-2H3,(H,19,20,21,24)/b4-3-,13-7+. The van der Waals surface area contributed by atoms with E-state index in [0.29, 0.717) is 36.5 Å². The average molecular weight is 341 g/mol. The fourth-order valence-corrected chi connectivity index (χ4v) is 2.95. The van der Waals surface area contributed by atoms with Crippen molar-refractivity contribution in [2.75, 3.05) is 13.1 Å². The highest BCUT2D eigenvalue weighted by molar-refractivity contribution is 5.87. The lowest BCUT2D eigenvalue weighted by atomic mass is 10.1. The van der Waals surface area contributed by atoms with Gasteiger partial charge >= 0.3 is 11.7 Å². The molecule has 0 unspecified atom stereocenters. The van der Waals surface area contributed by atoms with Crippen molar-refractivity contribution in [1.82, 2.24) is 24.4 Å². The van der Waals surface area contributed by atoms with Gasteiger partial charge in [-0.2, -0.15) is 0 Å². The number of likely N-dealkylation sites (tertiary alicyclic amines) is 1. The molecule has 3 heterocycles. The molecule has 1 saturated heterocycles. The Morgan fingerprint density at radius 3 is 2.84 bits per heavy atom. The number of imidazole rings is 1. The van der Waals surface area contributed by atoms with E-state index in [1.807, 2.05) is 19.1 Å². The second kappa shape index (κ2) is 7.46. The smallest absolute Gasteiger partial charge is 0.324 e. The van der Waals surface area contributed by atoms with Crippen LogP contribution in [0.2, 0.25) is 0 Å². The van der Waals surface area contributed by atoms with Crippen LogP contribution in [0.15, 0.2) is 34.8 Å². The molecule has 7 nitrogen and oxygen atoms in total. The number of hydrogen-bond acceptors (Lipinski definition) is 4. The lowest BCUT2D eigenvalue weighted by molar-refractivity contribution is 0.210. The number of amides is 1. The lowest BCUT2D eigenvalue weighted by Crippen LogP contribution is -2.37. The molecule has 2 aromatic heterocycles. The Morgan fingerprint density at radius 1 is 1.36 bits per heavy atom. The molecule has 0 saturated carbocycles. The quantitative estimate of drug-likeness (QED) is 0.867. The number of aromatic nitrogens is 4. The SMILES string of the molecule is C/C=C\C=C(/C)CCc1ncc2c(n1)[nH]c(=O)n2C(=O)N1CCCC1. The molecule has 7 heteroatoms. The summed E-state index contributed by atoms with van der Waals surface area (Å²) >= 11 is 0. The van der Waals surface area contributed by atoms with Crippen molar-refractivity contribution < 1.29 is 4.79 Å². The highest BCUT2D eigenvalue weighted by Crippen LogP contribution is 2.13. The molecule has 0 radical (unpaired) electrons. The molecule has 1 aliphatic rings. The summed E-state index contributed by atoms with van der Waals surface area (Å²) in [5.41, 5.74) is 1.63. The first-order chi connectivity index (χ1) is 12.1. The predicted octanol–water partition coefficient (Wildman–Crippen LogP) is 2.64. The molecule has 1 N–H and O–H groups in total. The molecular weight excluding hydrogens is 318 g/mol. The van der Waals surface area contributed by atoms with Gasteiger partial charge in [0.15, 0.2) is 5.65 Å². The van der Waals surface area contributed by atoms with Gasteiger partial charge in [-0.15, -0.1) is 0 Å². The Balaban J connectivity index is 1.82. The van der Waals surface area contributed by atoms with Crippen molar-refractivity contribution in [2.45, 2.75) is 39.5 Å². The van der Waals surface area contributed by atoms with Crippen LogP contribution < -0.4 is 5.69 Å². The van der Waals surface area contributed by atoms with E-state index in [2.05, 4.69) is 28.0 Å². The van der Waals surface area contributed by atoms with Crippen LogP contribution in [-0.4, -0.2) is 43.5 Å². The van der Waals surface area contributed by atoms with E-state index in [9.17, 15) is 9.59 Å². The fourth-order valence-electron chi connectivity index (χ4n) is 2.95. The van der Waals surface area contributed by atoms with E-state index >= 15 is 0 Å². The zero-order valence-electron chi connectivity index (χ0n) is 14.7. The minimum absolute atomic E-state index is 0.296. The van der Waals surface area contributed by atoms with Crippen LogP contribution in [0.4, 0.5) is 4.79 Å². The van der Waals surface area contributed by atoms with Crippen LogP contribution in [0.3, 0.4) is 0 Å². The number of carbonyl (C=O) groups is 1. The molecule has 0 atom stereocenters. The number of fused-ring (bicyclic) bond motifs is 1. The largest absolute Gasteiger partial charge is 0.336 e. The molecule has 0 aromatic carbocycles. The second-order valence-corrected chi connectivity index (χ2v) is 6.30. The third-order valence-electron chi connectivity index (χ3n) is 4.37. The molecule has 0 bridgehead atoms. The molecular formula is C18H23N5O2. The first-order valence-corrected chi connectivity index (χ1v) is 8.64. The number of nitrogens with one attached hydrogen (secondary N) is 1. The molecule has 2 aromatic rings. The van der Waals surface area contributed by atoms with E-state index in [-0.39, 0.29) is 6.03 Å². The number of H-pyrrole nitrogens is 1. The van der Waals surface area contributed by atoms with Gasteiger partial charge in [0.25, 0.3) is 0 Å². The predicted molar refractivity (Wildman–Crippen MR) is 96.6 cm³/mol. The van der Waals surface area contributed by atoms with Crippen LogP contribution in [-0.2, 0) is 6.42 Å². The Bertz CT molecular complexity index is 884. The maximum Gasteiger partial charge on any atom is 0.336 e. The van der Waals surface area contributed by atoms with Gasteiger partial charge in [-0.1, -0.05) is 23.8 Å². The first-order valence-electron chi connectivity index (χ1n) is 8.64. The molecule has 25 heavy (non-hydrogen) atoms. The Labute approximate surface area is 146 Å². The summed E-state index contributed by atoms with van der Waals surface area (Å²) in [6, 6.07) is -0.296. The van der Waals surface area contributed by atoms with E-state index in [1.165, 1.54) is 5.57 Å². The number of aromatic amines is 1. The lowest BCUT2D eigenvalue weighted by Gasteiger charge is -2.14. The van der Waals surface area contributed by atoms with E-state index in [4.69, 9.17) is 0 Å². The highest BCUT2D eigenvalue weighted by Gasteiger charge is 2.23. The van der Waals surface area contributed by atoms with Crippen molar-refractivity contribution in [3.8, 4) is 0 Å². The Morgan fingerprint density at radius 2 is 2.12 bits per heavy atom. The van der Waals surface area contributed by atoms with Crippen molar-refractivity contribution >= 4 is 17.2 Å². The molecule has 132 valence electrons. The summed E-state index contributed by atoms with van der Waals surface area (Å²) in [5, 5.41) is 0. The van der Waals surface area contributed by atoms with E-state index in [0.717, 1.165) is 23.8 Å². The second-order valence-electron chi connectivity index (χ2n) is 6.30. The summed E-state index contributed by atoms with van der Waals surface area (Å²) in [6.45, 7) is 5.42. The van der Waals surface area contributed by atoms with Gasteiger partial charge in [0.2, 0.25) is 0 Å². The molecule has 0 spiro atoms. The van der Waals surface area contributed by atoms with E-state index in [1.54, 1.807) is 11.1 Å². The van der Waals surface area contributed by atoms with Crippen molar-refractivity contribution in [3.05, 3.63) is 46.3 Å². The van der Waals surface area contributed by atoms with Gasteiger partial charge in [-0.3, -0.25) is 4.98 Å². The van der Waals surface area contributed by atoms with Gasteiger partial charge in [-0.25, -0.2) is 24.1 Å². The summed E-state index contributed by atoms with van der Waals surface area (Å²) in [6.07, 6.45) is 11.1. The van der Waals surface area contributed by atoms with Crippen LogP contribution in [0.25, 0.3) is 11.2 Å². The van der Waals surface area contributed by atoms with Crippen molar-refractivity contribution in [2.24, 2.45) is 0 Å². The fraction of sp³-hybridized carbons (Fsp3) is 0.444. The Kier molecular flexibility index (Phi) is 5.11. The number of rotatable bonds is 4. The topological polar surface area (TPSA) is 83.9 Å². The summed E-state index contributed by atoms with van der Waals surface area (Å²) in [5.74, 6) is 0.655. The summed E-state index contributed by atoms with van der Waals surface area (Å²) in [4.78, 5) is 37.9. The van der Waals surface area contributed by atoms with Gasteiger partial charge < -0.3 is 4.90 Å². The van der Waals surface area contributed by atoms with Crippen LogP contribution in [0.5, 0.6) is 0 Å². The van der Waals surface area contributed by atoms with Crippen LogP contribution >= 0.6 is 0 Å². The van der Waals surface area contributed by atoms with E-state index < -0.39 is 5.69 Å². The zero-order valence-corrected chi connectivity index (χ0v) is 14.7. The Hall–Kier alpha value is -2.70. The maximum atomic E-state index is 12.5. The third kappa shape index (κ3) is 3.70. The number of nitrogens with zero attached hydrogens (tertiary/aromatic N) is 4. The van der Waals surface area contributed by atoms with Crippen LogP contribution in [0.1, 0.15) is 38.9 Å². The summed E-state index contributed by atoms with van der Waals surface area (Å²) < 4.78 is 1.14. The molecule has 1 amide bonds. The van der Waals surface area contributed by atoms with Gasteiger partial charge in [0.05, 0.1) is 6.20 Å². The van der Waals surface area contributed by atoms with Gasteiger partial charge in [0.1, 0.15) is 11.3 Å². The number of allylic oxidation sites excluding steroid dienone is 4. The normalized spacial score (nSPS) is 15.6. The minimum atomic E-state index is -0.456. The van der Waals surface area contributed by atoms with Crippen molar-refractivity contribution in [3.63, 3.8) is 0 Å². The molecule has 1 fully saturated rings. The average Bonchev–Trinajstić information content (AvgIpc) is 3.24. The van der Waals surface area contributed by atoms with Crippen molar-refractivity contribution in [1.29, 1.82) is 0 Å². The highest BCUT2D eigenvalue weighted by atomic mass is 16.2. The number of carbonyl (C=O) groups excluding carboxylic acids is 1.